The topological polar surface area (TPSA) is 35.5 Å². The number of ether oxygens (including phenoxy) is 2. The lowest BCUT2D eigenvalue weighted by Gasteiger charge is -2.06. The van der Waals surface area contributed by atoms with Crippen LogP contribution in [-0.2, 0) is 11.2 Å². The van der Waals surface area contributed by atoms with Gasteiger partial charge in [-0.1, -0.05) is 34.1 Å². The van der Waals surface area contributed by atoms with Gasteiger partial charge in [0.05, 0.1) is 14.2 Å². The molecule has 0 N–H and O–H groups in total. The molecule has 0 amide bonds. The number of rotatable bonds is 4. The van der Waals surface area contributed by atoms with E-state index < -0.39 is 0 Å². The third-order valence-electron chi connectivity index (χ3n) is 3.30. The van der Waals surface area contributed by atoms with Crippen molar-refractivity contribution in [2.75, 3.05) is 14.2 Å². The van der Waals surface area contributed by atoms with E-state index in [1.807, 2.05) is 50.2 Å². The number of methoxy groups -OCH3 is 2. The van der Waals surface area contributed by atoms with E-state index in [-0.39, 0.29) is 5.78 Å². The van der Waals surface area contributed by atoms with Crippen molar-refractivity contribution in [2.45, 2.75) is 27.2 Å². The van der Waals surface area contributed by atoms with Crippen molar-refractivity contribution in [1.82, 2.24) is 0 Å². The van der Waals surface area contributed by atoms with Crippen LogP contribution in [0.2, 0.25) is 0 Å². The van der Waals surface area contributed by atoms with Gasteiger partial charge in [0.25, 0.3) is 0 Å². The van der Waals surface area contributed by atoms with E-state index in [9.17, 15) is 4.79 Å². The Morgan fingerprint density at radius 1 is 0.957 bits per heavy atom. The molecule has 0 aromatic heterocycles. The third-order valence-corrected chi connectivity index (χ3v) is 3.79. The van der Waals surface area contributed by atoms with E-state index in [2.05, 4.69) is 15.9 Å². The zero-order chi connectivity index (χ0) is 17.4. The fourth-order valence-corrected chi connectivity index (χ4v) is 2.40. The van der Waals surface area contributed by atoms with E-state index >= 15 is 0 Å². The van der Waals surface area contributed by atoms with Gasteiger partial charge in [0.15, 0.2) is 0 Å². The quantitative estimate of drug-likeness (QED) is 0.758. The Bertz CT molecular complexity index is 666. The number of halogens is 1. The van der Waals surface area contributed by atoms with Crippen molar-refractivity contribution in [3.63, 3.8) is 0 Å². The van der Waals surface area contributed by atoms with Gasteiger partial charge in [-0.2, -0.15) is 0 Å². The first kappa shape index (κ1) is 19.2. The number of carbonyl (C=O) groups excluding carboxylic acids is 1. The summed E-state index contributed by atoms with van der Waals surface area (Å²) in [6, 6.07) is 11.8. The lowest BCUT2D eigenvalue weighted by molar-refractivity contribution is -0.116. The summed E-state index contributed by atoms with van der Waals surface area (Å²) in [7, 11) is 3.31. The molecule has 2 rings (SSSR count). The minimum absolute atomic E-state index is 0.172. The Hall–Kier alpha value is -1.81. The number of hydrogen-bond donors (Lipinski definition) is 0. The largest absolute Gasteiger partial charge is 0.496 e. The minimum atomic E-state index is 0.172. The molecule has 2 aromatic rings. The molecule has 0 bridgehead atoms. The van der Waals surface area contributed by atoms with Crippen molar-refractivity contribution >= 4 is 21.7 Å². The molecule has 0 saturated carbocycles. The molecule has 23 heavy (non-hydrogen) atoms. The maximum absolute atomic E-state index is 10.9. The number of hydrogen-bond acceptors (Lipinski definition) is 3. The molecule has 0 atom stereocenters. The molecule has 0 aliphatic carbocycles. The van der Waals surface area contributed by atoms with Crippen LogP contribution in [0.5, 0.6) is 11.5 Å². The van der Waals surface area contributed by atoms with Gasteiger partial charge in [0, 0.05) is 10.9 Å². The molecular weight excluding hydrogens is 356 g/mol. The molecule has 0 spiro atoms. The van der Waals surface area contributed by atoms with Crippen molar-refractivity contribution in [3.8, 4) is 11.5 Å². The second kappa shape index (κ2) is 9.36. The second-order valence-corrected chi connectivity index (χ2v) is 6.21. The van der Waals surface area contributed by atoms with Crippen LogP contribution in [-0.4, -0.2) is 20.0 Å². The van der Waals surface area contributed by atoms with E-state index in [4.69, 9.17) is 9.47 Å². The maximum atomic E-state index is 10.9. The first-order valence-electron chi connectivity index (χ1n) is 7.30. The van der Waals surface area contributed by atoms with Gasteiger partial charge in [-0.3, -0.25) is 4.79 Å². The number of aryl methyl sites for hydroxylation is 2. The fraction of sp³-hybridized carbons (Fsp3) is 0.316. The van der Waals surface area contributed by atoms with Crippen molar-refractivity contribution in [1.29, 1.82) is 0 Å². The van der Waals surface area contributed by atoms with Crippen molar-refractivity contribution in [3.05, 3.63) is 57.6 Å². The van der Waals surface area contributed by atoms with Crippen LogP contribution < -0.4 is 9.47 Å². The lowest BCUT2D eigenvalue weighted by Crippen LogP contribution is -1.97. The van der Waals surface area contributed by atoms with Gasteiger partial charge in [-0.05, 0) is 55.7 Å². The number of carbonyl (C=O) groups is 1. The first-order chi connectivity index (χ1) is 10.9. The molecule has 0 heterocycles. The molecule has 0 unspecified atom stereocenters. The Kier molecular flexibility index (Phi) is 7.83. The number of ketones is 1. The summed E-state index contributed by atoms with van der Waals surface area (Å²) in [5.41, 5.74) is 3.26. The molecule has 0 aliphatic heterocycles. The Morgan fingerprint density at radius 2 is 1.48 bits per heavy atom. The van der Waals surface area contributed by atoms with Gasteiger partial charge in [-0.25, -0.2) is 0 Å². The van der Waals surface area contributed by atoms with E-state index in [0.29, 0.717) is 6.42 Å². The van der Waals surface area contributed by atoms with Crippen molar-refractivity contribution in [2.24, 2.45) is 0 Å². The second-order valence-electron chi connectivity index (χ2n) is 5.30. The van der Waals surface area contributed by atoms with Gasteiger partial charge in [0.1, 0.15) is 17.3 Å². The van der Waals surface area contributed by atoms with Crippen LogP contribution in [0.3, 0.4) is 0 Å². The number of Topliss-reactive ketones (excluding diaryl/α,β-unsaturated/α-hetero) is 1. The Morgan fingerprint density at radius 3 is 1.96 bits per heavy atom. The molecular formula is C19H23BrO3. The van der Waals surface area contributed by atoms with Gasteiger partial charge < -0.3 is 9.47 Å². The standard InChI is InChI=1S/C11H14O2.C8H9BrO/c1-8-4-5-10(6-9(2)12)7-11(8)13-3;1-6-3-4-7(9)5-8(6)10-2/h4-5,7H,6H2,1-3H3;3-5H,1-2H3. The highest BCUT2D eigenvalue weighted by atomic mass is 79.9. The molecule has 0 radical (unpaired) electrons. The highest BCUT2D eigenvalue weighted by Crippen LogP contribution is 2.22. The molecule has 0 aliphatic rings. The number of benzene rings is 2. The monoisotopic (exact) mass is 378 g/mol. The van der Waals surface area contributed by atoms with Crippen LogP contribution in [0.4, 0.5) is 0 Å². The van der Waals surface area contributed by atoms with Crippen LogP contribution >= 0.6 is 15.9 Å². The summed E-state index contributed by atoms with van der Waals surface area (Å²) in [4.78, 5) is 10.9. The molecule has 124 valence electrons. The highest BCUT2D eigenvalue weighted by molar-refractivity contribution is 9.10. The first-order valence-corrected chi connectivity index (χ1v) is 8.09. The minimum Gasteiger partial charge on any atom is -0.496 e. The molecule has 4 heteroatoms. The van der Waals surface area contributed by atoms with Crippen molar-refractivity contribution < 1.29 is 14.3 Å². The predicted molar refractivity (Wildman–Crippen MR) is 97.5 cm³/mol. The molecule has 3 nitrogen and oxygen atoms in total. The summed E-state index contributed by atoms with van der Waals surface area (Å²) < 4.78 is 11.3. The lowest BCUT2D eigenvalue weighted by atomic mass is 10.1. The predicted octanol–water partition coefficient (Wildman–Crippen LogP) is 4.90. The van der Waals surface area contributed by atoms with Crippen LogP contribution in [0.25, 0.3) is 0 Å². The summed E-state index contributed by atoms with van der Waals surface area (Å²) in [6.45, 7) is 5.59. The Balaban J connectivity index is 0.000000238. The summed E-state index contributed by atoms with van der Waals surface area (Å²) in [5, 5.41) is 0. The zero-order valence-electron chi connectivity index (χ0n) is 14.3. The average molecular weight is 379 g/mol. The zero-order valence-corrected chi connectivity index (χ0v) is 15.9. The third kappa shape index (κ3) is 6.45. The Labute approximate surface area is 146 Å². The normalized spacial score (nSPS) is 9.65. The van der Waals surface area contributed by atoms with E-state index in [0.717, 1.165) is 32.7 Å². The SMILES string of the molecule is COc1cc(Br)ccc1C.COc1cc(CC(C)=O)ccc1C. The highest BCUT2D eigenvalue weighted by Gasteiger charge is 2.02. The molecule has 0 fully saturated rings. The fourth-order valence-electron chi connectivity index (χ4n) is 2.06. The summed E-state index contributed by atoms with van der Waals surface area (Å²) in [6.07, 6.45) is 0.483. The van der Waals surface area contributed by atoms with Crippen LogP contribution in [0.1, 0.15) is 23.6 Å². The van der Waals surface area contributed by atoms with E-state index in [1.54, 1.807) is 21.1 Å². The maximum Gasteiger partial charge on any atom is 0.134 e. The van der Waals surface area contributed by atoms with Gasteiger partial charge in [-0.15, -0.1) is 0 Å². The van der Waals surface area contributed by atoms with Crippen LogP contribution in [0.15, 0.2) is 40.9 Å². The van der Waals surface area contributed by atoms with Gasteiger partial charge >= 0.3 is 0 Å². The van der Waals surface area contributed by atoms with Crippen LogP contribution in [0, 0.1) is 13.8 Å². The van der Waals surface area contributed by atoms with E-state index in [1.165, 1.54) is 0 Å². The smallest absolute Gasteiger partial charge is 0.134 e. The summed E-state index contributed by atoms with van der Waals surface area (Å²) >= 11 is 3.36. The average Bonchev–Trinajstić information content (AvgIpc) is 2.51. The molecule has 2 aromatic carbocycles. The molecule has 0 saturated heterocycles. The summed E-state index contributed by atoms with van der Waals surface area (Å²) in [5.74, 6) is 1.94. The van der Waals surface area contributed by atoms with Gasteiger partial charge in [0.2, 0.25) is 0 Å².